The molecule has 0 spiro atoms. The summed E-state index contributed by atoms with van der Waals surface area (Å²) in [5, 5.41) is 11.9. The highest BCUT2D eigenvalue weighted by Gasteiger charge is 2.45. The fourth-order valence-electron chi connectivity index (χ4n) is 5.97. The number of pyridine rings is 2. The van der Waals surface area contributed by atoms with Crippen molar-refractivity contribution >= 4 is 23.0 Å². The Morgan fingerprint density at radius 1 is 1.18 bits per heavy atom. The van der Waals surface area contributed by atoms with Gasteiger partial charge in [-0.2, -0.15) is 0 Å². The van der Waals surface area contributed by atoms with Gasteiger partial charge in [-0.25, -0.2) is 19.0 Å². The van der Waals surface area contributed by atoms with Gasteiger partial charge in [0.2, 0.25) is 0 Å². The van der Waals surface area contributed by atoms with E-state index in [2.05, 4.69) is 0 Å². The third-order valence-electron chi connectivity index (χ3n) is 8.05. The lowest BCUT2D eigenvalue weighted by atomic mass is 9.86. The summed E-state index contributed by atoms with van der Waals surface area (Å²) >= 11 is 0. The topological polar surface area (TPSA) is 111 Å². The molecule has 10 heteroatoms. The Balaban J connectivity index is 1.59. The smallest absolute Gasteiger partial charge is 0.410 e. The minimum atomic E-state index is -1.95. The number of esters is 1. The number of hydrogen-bond donors (Lipinski definition) is 1. The van der Waals surface area contributed by atoms with E-state index in [1.54, 1.807) is 50.2 Å². The van der Waals surface area contributed by atoms with Crippen molar-refractivity contribution < 1.29 is 28.6 Å². The molecule has 1 aromatic carbocycles. The highest BCUT2D eigenvalue weighted by atomic mass is 19.1. The molecule has 0 radical (unpaired) electrons. The van der Waals surface area contributed by atoms with Crippen molar-refractivity contribution in [2.24, 2.45) is 0 Å². The van der Waals surface area contributed by atoms with Crippen LogP contribution in [0.4, 0.5) is 9.18 Å². The first-order valence-corrected chi connectivity index (χ1v) is 13.1. The Morgan fingerprint density at radius 2 is 1.92 bits per heavy atom. The molecule has 1 N–H and O–H groups in total. The molecule has 3 aliphatic rings. The van der Waals surface area contributed by atoms with Crippen LogP contribution in [0.15, 0.2) is 16.9 Å². The minimum absolute atomic E-state index is 0.0314. The second-order valence-corrected chi connectivity index (χ2v) is 11.5. The van der Waals surface area contributed by atoms with Crippen molar-refractivity contribution in [3.05, 3.63) is 61.7 Å². The van der Waals surface area contributed by atoms with Gasteiger partial charge < -0.3 is 24.0 Å². The molecule has 3 aromatic rings. The number of ether oxygens (including phenoxy) is 2. The van der Waals surface area contributed by atoms with Gasteiger partial charge in [-0.1, -0.05) is 6.92 Å². The Bertz CT molecular complexity index is 1670. The number of rotatable bonds is 1. The first-order chi connectivity index (χ1) is 18.3. The van der Waals surface area contributed by atoms with Gasteiger partial charge in [-0.15, -0.1) is 0 Å². The summed E-state index contributed by atoms with van der Waals surface area (Å²) in [6.07, 6.45) is -0.0142. The van der Waals surface area contributed by atoms with E-state index >= 15 is 4.39 Å². The van der Waals surface area contributed by atoms with Crippen molar-refractivity contribution in [2.75, 3.05) is 6.54 Å². The van der Waals surface area contributed by atoms with Gasteiger partial charge in [0.05, 0.1) is 35.6 Å². The second kappa shape index (κ2) is 8.35. The van der Waals surface area contributed by atoms with Gasteiger partial charge in [-0.05, 0) is 63.3 Å². The van der Waals surface area contributed by atoms with Crippen molar-refractivity contribution in [1.29, 1.82) is 0 Å². The van der Waals surface area contributed by atoms with E-state index in [-0.39, 0.29) is 42.8 Å². The number of carbonyl (C=O) groups is 2. The van der Waals surface area contributed by atoms with Crippen molar-refractivity contribution in [1.82, 2.24) is 14.5 Å². The molecule has 0 saturated heterocycles. The lowest BCUT2D eigenvalue weighted by Crippen LogP contribution is -2.44. The fraction of sp³-hybridized carbons (Fsp3) is 0.448. The average molecular weight is 536 g/mol. The van der Waals surface area contributed by atoms with Crippen LogP contribution in [-0.2, 0) is 46.0 Å². The largest absolute Gasteiger partial charge is 0.458 e. The third-order valence-corrected chi connectivity index (χ3v) is 8.05. The van der Waals surface area contributed by atoms with Crippen LogP contribution < -0.4 is 5.56 Å². The molecular formula is C29H30FN3O6. The molecule has 0 unspecified atom stereocenters. The summed E-state index contributed by atoms with van der Waals surface area (Å²) in [5.41, 5.74) is 1.57. The van der Waals surface area contributed by atoms with Gasteiger partial charge >= 0.3 is 12.1 Å². The number of aromatic nitrogens is 2. The average Bonchev–Trinajstić information content (AvgIpc) is 3.10. The van der Waals surface area contributed by atoms with Crippen molar-refractivity contribution in [3.8, 4) is 11.4 Å². The number of fused-ring (bicyclic) bond motifs is 5. The number of carbonyl (C=O) groups excluding carboxylic acids is 2. The molecule has 0 saturated carbocycles. The van der Waals surface area contributed by atoms with Crippen LogP contribution in [0, 0.1) is 12.7 Å². The minimum Gasteiger partial charge on any atom is -0.458 e. The molecule has 6 rings (SSSR count). The van der Waals surface area contributed by atoms with Crippen LogP contribution in [0.3, 0.4) is 0 Å². The summed E-state index contributed by atoms with van der Waals surface area (Å²) < 4.78 is 27.5. The zero-order chi connectivity index (χ0) is 28.0. The van der Waals surface area contributed by atoms with E-state index in [4.69, 9.17) is 14.5 Å². The summed E-state index contributed by atoms with van der Waals surface area (Å²) in [6, 6.07) is 3.02. The number of amides is 1. The highest BCUT2D eigenvalue weighted by Crippen LogP contribution is 2.42. The maximum atomic E-state index is 15.1. The molecule has 0 bridgehead atoms. The van der Waals surface area contributed by atoms with Crippen LogP contribution in [-0.4, -0.2) is 43.8 Å². The number of cyclic esters (lactones) is 1. The molecule has 1 amide bonds. The number of aliphatic hydroxyl groups is 1. The fourth-order valence-corrected chi connectivity index (χ4v) is 5.97. The van der Waals surface area contributed by atoms with E-state index < -0.39 is 29.1 Å². The predicted molar refractivity (Wildman–Crippen MR) is 140 cm³/mol. The summed E-state index contributed by atoms with van der Waals surface area (Å²) in [5.74, 6) is -1.20. The van der Waals surface area contributed by atoms with E-state index in [0.29, 0.717) is 35.4 Å². The SMILES string of the molecule is CC[C@@]1(O)C(=O)OCc2c1cc1n(c2=O)Cc2c-1nc1cc(F)c(C)c3c1c2CN(C(=O)OC(C)(C)C)CC3. The highest BCUT2D eigenvalue weighted by molar-refractivity contribution is 5.93. The second-order valence-electron chi connectivity index (χ2n) is 11.5. The number of benzene rings is 1. The molecular weight excluding hydrogens is 505 g/mol. The van der Waals surface area contributed by atoms with Gasteiger partial charge in [-0.3, -0.25) is 4.79 Å². The van der Waals surface area contributed by atoms with Crippen LogP contribution in [0.2, 0.25) is 0 Å². The Hall–Kier alpha value is -3.79. The first-order valence-electron chi connectivity index (χ1n) is 13.1. The van der Waals surface area contributed by atoms with E-state index in [1.807, 2.05) is 0 Å². The van der Waals surface area contributed by atoms with Crippen LogP contribution in [0.25, 0.3) is 22.3 Å². The first kappa shape index (κ1) is 25.5. The molecule has 0 aliphatic carbocycles. The normalized spacial score (nSPS) is 19.8. The van der Waals surface area contributed by atoms with E-state index in [9.17, 15) is 19.5 Å². The van der Waals surface area contributed by atoms with Crippen molar-refractivity contribution in [3.63, 3.8) is 0 Å². The Labute approximate surface area is 224 Å². The molecule has 5 heterocycles. The lowest BCUT2D eigenvalue weighted by molar-refractivity contribution is -0.172. The maximum absolute atomic E-state index is 15.1. The standard InChI is InChI=1S/C29H30FN3O6/c1-6-29(37)19-9-22-24-17(12-33(22)25(34)18(19)13-38-26(29)35)16-11-32(27(36)39-28(3,4)5)8-7-15-14(2)20(30)10-21(31-24)23(15)16/h9-10,37H,6-8,11-13H2,1-5H3/t29-/m0/s1. The van der Waals surface area contributed by atoms with Crippen LogP contribution >= 0.6 is 0 Å². The van der Waals surface area contributed by atoms with Gasteiger partial charge in [0, 0.05) is 29.1 Å². The summed E-state index contributed by atoms with van der Waals surface area (Å²) in [6.45, 7) is 9.27. The van der Waals surface area contributed by atoms with Gasteiger partial charge in [0.15, 0.2) is 5.60 Å². The van der Waals surface area contributed by atoms with Gasteiger partial charge in [0.1, 0.15) is 18.0 Å². The Kier molecular flexibility index (Phi) is 5.46. The molecule has 9 nitrogen and oxygen atoms in total. The molecule has 3 aliphatic heterocycles. The lowest BCUT2D eigenvalue weighted by Gasteiger charge is -2.31. The van der Waals surface area contributed by atoms with E-state index in [0.717, 1.165) is 22.1 Å². The summed E-state index contributed by atoms with van der Waals surface area (Å²) in [7, 11) is 0. The number of nitrogens with zero attached hydrogens (tertiary/aromatic N) is 3. The van der Waals surface area contributed by atoms with Crippen LogP contribution in [0.5, 0.6) is 0 Å². The van der Waals surface area contributed by atoms with Gasteiger partial charge in [0.25, 0.3) is 5.56 Å². The zero-order valence-electron chi connectivity index (χ0n) is 22.6. The quantitative estimate of drug-likeness (QED) is 0.369. The molecule has 39 heavy (non-hydrogen) atoms. The Morgan fingerprint density at radius 3 is 2.62 bits per heavy atom. The number of hydrogen-bond acceptors (Lipinski definition) is 7. The number of halogens is 1. The van der Waals surface area contributed by atoms with E-state index in [1.165, 1.54) is 6.07 Å². The summed E-state index contributed by atoms with van der Waals surface area (Å²) in [4.78, 5) is 45.7. The monoisotopic (exact) mass is 535 g/mol. The zero-order valence-corrected chi connectivity index (χ0v) is 22.6. The van der Waals surface area contributed by atoms with Crippen LogP contribution in [0.1, 0.15) is 67.5 Å². The maximum Gasteiger partial charge on any atom is 0.410 e. The molecule has 0 fully saturated rings. The molecule has 1 atom stereocenters. The molecule has 2 aromatic heterocycles. The predicted octanol–water partition coefficient (Wildman–Crippen LogP) is 3.82. The molecule has 204 valence electrons. The third kappa shape index (κ3) is 3.68. The van der Waals surface area contributed by atoms with Crippen molar-refractivity contribution in [2.45, 2.75) is 78.4 Å².